The van der Waals surface area contributed by atoms with Crippen LogP contribution >= 0.6 is 15.9 Å². The molecular weight excluding hydrogens is 258 g/mol. The lowest BCUT2D eigenvalue weighted by molar-refractivity contribution is 0.316. The van der Waals surface area contributed by atoms with Gasteiger partial charge < -0.3 is 15.2 Å². The second kappa shape index (κ2) is 4.41. The van der Waals surface area contributed by atoms with E-state index < -0.39 is 0 Å². The summed E-state index contributed by atoms with van der Waals surface area (Å²) in [5.74, 6) is 1.29. The number of hydrogen-bond acceptors (Lipinski definition) is 3. The van der Waals surface area contributed by atoms with Gasteiger partial charge in [0.25, 0.3) is 0 Å². The molecule has 0 aliphatic carbocycles. The van der Waals surface area contributed by atoms with Crippen LogP contribution in [0.25, 0.3) is 0 Å². The molecule has 1 aromatic rings. The van der Waals surface area contributed by atoms with Crippen molar-refractivity contribution in [1.29, 1.82) is 0 Å². The van der Waals surface area contributed by atoms with Crippen molar-refractivity contribution in [1.82, 2.24) is 5.32 Å². The number of phenols is 1. The Kier molecular flexibility index (Phi) is 3.17. The maximum atomic E-state index is 9.74. The monoisotopic (exact) mass is 271 g/mol. The van der Waals surface area contributed by atoms with Crippen molar-refractivity contribution in [3.8, 4) is 11.5 Å². The van der Waals surface area contributed by atoms with Gasteiger partial charge in [0.1, 0.15) is 0 Å². The van der Waals surface area contributed by atoms with Crippen LogP contribution in [0, 0.1) is 0 Å². The zero-order chi connectivity index (χ0) is 10.8. The molecule has 0 amide bonds. The average Bonchev–Trinajstić information content (AvgIpc) is 2.11. The Morgan fingerprint density at radius 2 is 2.27 bits per heavy atom. The molecule has 1 saturated heterocycles. The highest BCUT2D eigenvalue weighted by atomic mass is 79.9. The van der Waals surface area contributed by atoms with E-state index in [-0.39, 0.29) is 5.75 Å². The molecule has 15 heavy (non-hydrogen) atoms. The van der Waals surface area contributed by atoms with Crippen molar-refractivity contribution >= 4 is 15.9 Å². The van der Waals surface area contributed by atoms with E-state index in [1.54, 1.807) is 0 Å². The van der Waals surface area contributed by atoms with Crippen molar-refractivity contribution < 1.29 is 9.84 Å². The zero-order valence-corrected chi connectivity index (χ0v) is 10.2. The second-order valence-electron chi connectivity index (χ2n) is 3.64. The summed E-state index contributed by atoms with van der Waals surface area (Å²) in [6.45, 7) is 4.48. The van der Waals surface area contributed by atoms with Gasteiger partial charge in [0.15, 0.2) is 11.5 Å². The molecular formula is C11H14BrNO2. The molecule has 2 N–H and O–H groups in total. The largest absolute Gasteiger partial charge is 0.503 e. The van der Waals surface area contributed by atoms with Gasteiger partial charge in [0.05, 0.1) is 11.1 Å². The lowest BCUT2D eigenvalue weighted by atomic mass is 9.93. The van der Waals surface area contributed by atoms with Gasteiger partial charge >= 0.3 is 0 Å². The Bertz CT molecular complexity index is 364. The van der Waals surface area contributed by atoms with Gasteiger partial charge in [-0.15, -0.1) is 0 Å². The molecule has 0 spiro atoms. The minimum atomic E-state index is 0.188. The Balaban J connectivity index is 2.31. The maximum absolute atomic E-state index is 9.74. The number of benzene rings is 1. The number of hydrogen-bond donors (Lipinski definition) is 2. The fraction of sp³-hybridized carbons (Fsp3) is 0.455. The van der Waals surface area contributed by atoms with Crippen LogP contribution in [0.3, 0.4) is 0 Å². The summed E-state index contributed by atoms with van der Waals surface area (Å²) in [6, 6.07) is 3.89. The molecule has 0 atom stereocenters. The molecule has 0 bridgehead atoms. The normalized spacial score (nSPS) is 16.1. The predicted octanol–water partition coefficient (Wildman–Crippen LogP) is 2.24. The van der Waals surface area contributed by atoms with E-state index in [0.717, 1.165) is 13.1 Å². The smallest absolute Gasteiger partial charge is 0.172 e. The predicted molar refractivity (Wildman–Crippen MR) is 62.6 cm³/mol. The second-order valence-corrected chi connectivity index (χ2v) is 4.49. The first-order chi connectivity index (χ1) is 7.22. The van der Waals surface area contributed by atoms with Gasteiger partial charge in [-0.25, -0.2) is 0 Å². The number of ether oxygens (including phenoxy) is 1. The zero-order valence-electron chi connectivity index (χ0n) is 8.59. The molecule has 4 heteroatoms. The van der Waals surface area contributed by atoms with Crippen LogP contribution in [0.1, 0.15) is 18.4 Å². The van der Waals surface area contributed by atoms with Gasteiger partial charge in [-0.3, -0.25) is 0 Å². The van der Waals surface area contributed by atoms with E-state index >= 15 is 0 Å². The molecule has 0 unspecified atom stereocenters. The Hall–Kier alpha value is -0.740. The van der Waals surface area contributed by atoms with Crippen LogP contribution in [0.4, 0.5) is 0 Å². The van der Waals surface area contributed by atoms with Crippen LogP contribution in [0.2, 0.25) is 0 Å². The Morgan fingerprint density at radius 3 is 2.80 bits per heavy atom. The summed E-state index contributed by atoms with van der Waals surface area (Å²) in [6.07, 6.45) is 0. The first-order valence-electron chi connectivity index (χ1n) is 5.08. The quantitative estimate of drug-likeness (QED) is 0.886. The molecule has 1 heterocycles. The molecule has 3 nitrogen and oxygen atoms in total. The molecule has 0 aromatic heterocycles. The number of aromatic hydroxyl groups is 1. The first-order valence-corrected chi connectivity index (χ1v) is 5.87. The van der Waals surface area contributed by atoms with Crippen molar-refractivity contribution in [3.63, 3.8) is 0 Å². The van der Waals surface area contributed by atoms with Crippen molar-refractivity contribution in [3.05, 3.63) is 22.2 Å². The summed E-state index contributed by atoms with van der Waals surface area (Å²) in [7, 11) is 0. The third-order valence-corrected chi connectivity index (χ3v) is 3.21. The third-order valence-electron chi connectivity index (χ3n) is 2.60. The summed E-state index contributed by atoms with van der Waals surface area (Å²) < 4.78 is 6.08. The van der Waals surface area contributed by atoms with E-state index in [1.165, 1.54) is 5.56 Å². The van der Waals surface area contributed by atoms with Gasteiger partial charge in [-0.1, -0.05) is 0 Å². The van der Waals surface area contributed by atoms with E-state index in [2.05, 4.69) is 21.2 Å². The summed E-state index contributed by atoms with van der Waals surface area (Å²) in [5.41, 5.74) is 1.21. The van der Waals surface area contributed by atoms with E-state index in [1.807, 2.05) is 19.1 Å². The van der Waals surface area contributed by atoms with Crippen LogP contribution in [0.15, 0.2) is 16.6 Å². The minimum Gasteiger partial charge on any atom is -0.503 e. The lowest BCUT2D eigenvalue weighted by Crippen LogP contribution is -2.39. The highest BCUT2D eigenvalue weighted by Gasteiger charge is 2.21. The summed E-state index contributed by atoms with van der Waals surface area (Å²) in [4.78, 5) is 0. The Morgan fingerprint density at radius 1 is 1.53 bits per heavy atom. The van der Waals surface area contributed by atoms with Gasteiger partial charge in [-0.2, -0.15) is 0 Å². The van der Waals surface area contributed by atoms with Crippen molar-refractivity contribution in [2.75, 3.05) is 19.7 Å². The van der Waals surface area contributed by atoms with Gasteiger partial charge in [-0.05, 0) is 40.5 Å². The molecule has 1 aliphatic heterocycles. The van der Waals surface area contributed by atoms with Crippen LogP contribution in [-0.2, 0) is 0 Å². The van der Waals surface area contributed by atoms with E-state index in [0.29, 0.717) is 22.7 Å². The topological polar surface area (TPSA) is 41.5 Å². The molecule has 1 fully saturated rings. The summed E-state index contributed by atoms with van der Waals surface area (Å²) in [5, 5.41) is 13.0. The number of nitrogens with one attached hydrogen (secondary N) is 1. The molecule has 2 rings (SSSR count). The lowest BCUT2D eigenvalue weighted by Gasteiger charge is -2.28. The van der Waals surface area contributed by atoms with Crippen LogP contribution < -0.4 is 10.1 Å². The highest BCUT2D eigenvalue weighted by Crippen LogP contribution is 2.38. The van der Waals surface area contributed by atoms with Crippen molar-refractivity contribution in [2.45, 2.75) is 12.8 Å². The number of rotatable bonds is 3. The van der Waals surface area contributed by atoms with Crippen LogP contribution in [0.5, 0.6) is 11.5 Å². The van der Waals surface area contributed by atoms with Crippen LogP contribution in [-0.4, -0.2) is 24.8 Å². The van der Waals surface area contributed by atoms with E-state index in [9.17, 15) is 5.11 Å². The molecule has 0 saturated carbocycles. The van der Waals surface area contributed by atoms with Crippen molar-refractivity contribution in [2.24, 2.45) is 0 Å². The highest BCUT2D eigenvalue weighted by molar-refractivity contribution is 9.10. The average molecular weight is 272 g/mol. The maximum Gasteiger partial charge on any atom is 0.172 e. The summed E-state index contributed by atoms with van der Waals surface area (Å²) >= 11 is 3.34. The number of halogens is 1. The van der Waals surface area contributed by atoms with Gasteiger partial charge in [0, 0.05) is 19.0 Å². The molecule has 1 aromatic carbocycles. The van der Waals surface area contributed by atoms with E-state index in [4.69, 9.17) is 4.74 Å². The fourth-order valence-corrected chi connectivity index (χ4v) is 2.08. The third kappa shape index (κ3) is 2.11. The SMILES string of the molecule is CCOc1cc(C2CNC2)cc(Br)c1O. The molecule has 82 valence electrons. The minimum absolute atomic E-state index is 0.188. The fourth-order valence-electron chi connectivity index (χ4n) is 1.62. The molecule has 1 aliphatic rings. The number of phenolic OH excluding ortho intramolecular Hbond substituents is 1. The van der Waals surface area contributed by atoms with Gasteiger partial charge in [0.2, 0.25) is 0 Å². The molecule has 0 radical (unpaired) electrons. The Labute approximate surface area is 97.6 Å². The standard InChI is InChI=1S/C11H14BrNO2/c1-2-15-10-4-7(8-5-13-6-8)3-9(12)11(10)14/h3-4,8,13-14H,2,5-6H2,1H3. The first kappa shape index (κ1) is 10.8.